The summed E-state index contributed by atoms with van der Waals surface area (Å²) in [5.74, 6) is 0.0398. The van der Waals surface area contributed by atoms with Crippen molar-refractivity contribution in [1.82, 2.24) is 10.2 Å². The molecule has 0 aliphatic carbocycles. The van der Waals surface area contributed by atoms with Gasteiger partial charge in [-0.25, -0.2) is 0 Å². The Kier molecular flexibility index (Phi) is 9.88. The van der Waals surface area contributed by atoms with Crippen LogP contribution in [0.5, 0.6) is 0 Å². The molecule has 0 spiro atoms. The summed E-state index contributed by atoms with van der Waals surface area (Å²) in [6, 6.07) is 0.224. The van der Waals surface area contributed by atoms with E-state index >= 15 is 0 Å². The third kappa shape index (κ3) is 9.86. The molecule has 126 valence electrons. The molecule has 0 aromatic carbocycles. The fraction of sp³-hybridized carbons (Fsp3) is 0.941. The molecule has 0 aliphatic heterocycles. The third-order valence-electron chi connectivity index (χ3n) is 3.91. The minimum Gasteiger partial charge on any atom is -0.353 e. The zero-order valence-electron chi connectivity index (χ0n) is 15.0. The van der Waals surface area contributed by atoms with Crippen molar-refractivity contribution in [3.63, 3.8) is 0 Å². The maximum absolute atomic E-state index is 12.3. The van der Waals surface area contributed by atoms with Gasteiger partial charge in [0.15, 0.2) is 0 Å². The van der Waals surface area contributed by atoms with Crippen molar-refractivity contribution in [2.75, 3.05) is 26.2 Å². The topological polar surface area (TPSA) is 58.4 Å². The Hall–Kier alpha value is -0.610. The highest BCUT2D eigenvalue weighted by Gasteiger charge is 2.24. The van der Waals surface area contributed by atoms with Gasteiger partial charge in [-0.15, -0.1) is 0 Å². The lowest BCUT2D eigenvalue weighted by atomic mass is 9.84. The van der Waals surface area contributed by atoms with Crippen LogP contribution >= 0.6 is 0 Å². The molecule has 0 saturated carbocycles. The lowest BCUT2D eigenvalue weighted by Crippen LogP contribution is -2.41. The van der Waals surface area contributed by atoms with E-state index in [1.165, 1.54) is 0 Å². The number of nitrogens with one attached hydrogen (secondary N) is 1. The summed E-state index contributed by atoms with van der Waals surface area (Å²) >= 11 is 0. The van der Waals surface area contributed by atoms with Crippen LogP contribution in [0, 0.1) is 11.3 Å². The molecule has 0 bridgehead atoms. The highest BCUT2D eigenvalue weighted by Crippen LogP contribution is 2.24. The van der Waals surface area contributed by atoms with Gasteiger partial charge in [0.2, 0.25) is 5.91 Å². The van der Waals surface area contributed by atoms with Crippen molar-refractivity contribution in [1.29, 1.82) is 0 Å². The van der Waals surface area contributed by atoms with E-state index in [9.17, 15) is 4.79 Å². The van der Waals surface area contributed by atoms with Crippen LogP contribution in [0.2, 0.25) is 0 Å². The van der Waals surface area contributed by atoms with Gasteiger partial charge < -0.3 is 16.0 Å². The molecule has 21 heavy (non-hydrogen) atoms. The van der Waals surface area contributed by atoms with Crippen LogP contribution in [0.15, 0.2) is 0 Å². The molecule has 0 radical (unpaired) electrons. The molecular formula is C17H37N3O. The zero-order chi connectivity index (χ0) is 16.5. The number of hydrogen-bond donors (Lipinski definition) is 2. The van der Waals surface area contributed by atoms with Crippen LogP contribution in [-0.4, -0.2) is 43.0 Å². The molecule has 0 fully saturated rings. The van der Waals surface area contributed by atoms with E-state index < -0.39 is 0 Å². The predicted octanol–water partition coefficient (Wildman–Crippen LogP) is 2.62. The van der Waals surface area contributed by atoms with Gasteiger partial charge in [0, 0.05) is 12.6 Å². The van der Waals surface area contributed by atoms with Crippen LogP contribution in [0.3, 0.4) is 0 Å². The molecule has 1 amide bonds. The SMILES string of the molecule is CCN(CC)CCCC(C)NC(=O)C(CN)CC(C)(C)C. The van der Waals surface area contributed by atoms with E-state index in [-0.39, 0.29) is 23.3 Å². The third-order valence-corrected chi connectivity index (χ3v) is 3.91. The number of amides is 1. The fourth-order valence-electron chi connectivity index (χ4n) is 2.62. The largest absolute Gasteiger partial charge is 0.353 e. The Morgan fingerprint density at radius 3 is 2.24 bits per heavy atom. The minimum atomic E-state index is -0.0739. The first-order valence-electron chi connectivity index (χ1n) is 8.46. The second-order valence-electron chi connectivity index (χ2n) is 7.28. The van der Waals surface area contributed by atoms with Crippen LogP contribution in [-0.2, 0) is 4.79 Å². The Labute approximate surface area is 131 Å². The van der Waals surface area contributed by atoms with Gasteiger partial charge in [-0.2, -0.15) is 0 Å². The molecule has 2 atom stereocenters. The maximum atomic E-state index is 12.3. The van der Waals surface area contributed by atoms with E-state index in [1.807, 2.05) is 0 Å². The van der Waals surface area contributed by atoms with Gasteiger partial charge in [0.1, 0.15) is 0 Å². The van der Waals surface area contributed by atoms with Gasteiger partial charge in [-0.05, 0) is 51.2 Å². The summed E-state index contributed by atoms with van der Waals surface area (Å²) < 4.78 is 0. The predicted molar refractivity (Wildman–Crippen MR) is 91.2 cm³/mol. The lowest BCUT2D eigenvalue weighted by Gasteiger charge is -2.26. The minimum absolute atomic E-state index is 0.0739. The molecule has 3 N–H and O–H groups in total. The number of nitrogens with zero attached hydrogens (tertiary/aromatic N) is 1. The molecule has 4 heteroatoms. The monoisotopic (exact) mass is 299 g/mol. The van der Waals surface area contributed by atoms with Crippen molar-refractivity contribution in [3.8, 4) is 0 Å². The van der Waals surface area contributed by atoms with Crippen molar-refractivity contribution < 1.29 is 4.79 Å². The summed E-state index contributed by atoms with van der Waals surface area (Å²) in [4.78, 5) is 14.7. The number of rotatable bonds is 10. The smallest absolute Gasteiger partial charge is 0.224 e. The standard InChI is InChI=1S/C17H37N3O/c1-7-20(8-2)11-9-10-14(3)19-16(21)15(13-18)12-17(4,5)6/h14-15H,7-13,18H2,1-6H3,(H,19,21). The van der Waals surface area contributed by atoms with Crippen LogP contribution in [0.25, 0.3) is 0 Å². The highest BCUT2D eigenvalue weighted by atomic mass is 16.1. The second-order valence-corrected chi connectivity index (χ2v) is 7.28. The number of carbonyl (C=O) groups is 1. The van der Waals surface area contributed by atoms with E-state index in [2.05, 4.69) is 51.8 Å². The highest BCUT2D eigenvalue weighted by molar-refractivity contribution is 5.79. The van der Waals surface area contributed by atoms with Crippen molar-refractivity contribution in [2.45, 2.75) is 66.8 Å². The van der Waals surface area contributed by atoms with Crippen LogP contribution in [0.1, 0.15) is 60.8 Å². The zero-order valence-corrected chi connectivity index (χ0v) is 15.0. The summed E-state index contributed by atoms with van der Waals surface area (Å²) in [6.07, 6.45) is 2.98. The van der Waals surface area contributed by atoms with Crippen molar-refractivity contribution in [2.24, 2.45) is 17.1 Å². The molecule has 0 aromatic heterocycles. The second kappa shape index (κ2) is 10.2. The van der Waals surface area contributed by atoms with E-state index in [0.717, 1.165) is 38.9 Å². The van der Waals surface area contributed by atoms with E-state index in [0.29, 0.717) is 6.54 Å². The molecule has 0 aliphatic rings. The van der Waals surface area contributed by atoms with E-state index in [4.69, 9.17) is 5.73 Å². The maximum Gasteiger partial charge on any atom is 0.224 e. The number of hydrogen-bond acceptors (Lipinski definition) is 3. The first kappa shape index (κ1) is 20.4. The van der Waals surface area contributed by atoms with E-state index in [1.54, 1.807) is 0 Å². The van der Waals surface area contributed by atoms with Crippen LogP contribution < -0.4 is 11.1 Å². The molecule has 4 nitrogen and oxygen atoms in total. The van der Waals surface area contributed by atoms with Gasteiger partial charge in [0.05, 0.1) is 5.92 Å². The summed E-state index contributed by atoms with van der Waals surface area (Å²) in [5, 5.41) is 3.13. The Morgan fingerprint density at radius 1 is 1.24 bits per heavy atom. The Bertz CT molecular complexity index is 282. The summed E-state index contributed by atoms with van der Waals surface area (Å²) in [5.41, 5.74) is 5.90. The molecule has 0 saturated heterocycles. The van der Waals surface area contributed by atoms with Gasteiger partial charge in [-0.3, -0.25) is 4.79 Å². The molecular weight excluding hydrogens is 262 g/mol. The molecule has 2 unspecified atom stereocenters. The Balaban J connectivity index is 4.12. The van der Waals surface area contributed by atoms with Gasteiger partial charge in [0.25, 0.3) is 0 Å². The van der Waals surface area contributed by atoms with Crippen molar-refractivity contribution >= 4 is 5.91 Å². The normalized spacial score (nSPS) is 15.0. The fourth-order valence-corrected chi connectivity index (χ4v) is 2.62. The number of nitrogens with two attached hydrogens (primary N) is 1. The first-order valence-corrected chi connectivity index (χ1v) is 8.46. The molecule has 0 aromatic rings. The lowest BCUT2D eigenvalue weighted by molar-refractivity contribution is -0.126. The van der Waals surface area contributed by atoms with Gasteiger partial charge in [-0.1, -0.05) is 34.6 Å². The van der Waals surface area contributed by atoms with Crippen molar-refractivity contribution in [3.05, 3.63) is 0 Å². The first-order chi connectivity index (χ1) is 9.73. The summed E-state index contributed by atoms with van der Waals surface area (Å²) in [6.45, 7) is 16.6. The Morgan fingerprint density at radius 2 is 1.81 bits per heavy atom. The molecule has 0 rings (SSSR count). The average Bonchev–Trinajstić information content (AvgIpc) is 2.39. The average molecular weight is 300 g/mol. The number of carbonyl (C=O) groups excluding carboxylic acids is 1. The quantitative estimate of drug-likeness (QED) is 0.652. The summed E-state index contributed by atoms with van der Waals surface area (Å²) in [7, 11) is 0. The van der Waals surface area contributed by atoms with Gasteiger partial charge >= 0.3 is 0 Å². The van der Waals surface area contributed by atoms with Crippen LogP contribution in [0.4, 0.5) is 0 Å². The molecule has 0 heterocycles.